The second kappa shape index (κ2) is 2.72. The summed E-state index contributed by atoms with van der Waals surface area (Å²) in [6.07, 6.45) is 2.30. The van der Waals surface area contributed by atoms with Crippen molar-refractivity contribution in [1.82, 2.24) is 10.2 Å². The zero-order valence-electron chi connectivity index (χ0n) is 6.17. The summed E-state index contributed by atoms with van der Waals surface area (Å²) in [5.74, 6) is -0.431. The largest absolute Gasteiger partial charge is 0.476 e. The van der Waals surface area contributed by atoms with E-state index in [0.29, 0.717) is 5.92 Å². The van der Waals surface area contributed by atoms with Crippen LogP contribution in [0.5, 0.6) is 0 Å². The summed E-state index contributed by atoms with van der Waals surface area (Å²) in [4.78, 5) is 10.6. The average molecular weight is 278 g/mol. The van der Waals surface area contributed by atoms with Crippen molar-refractivity contribution in [2.24, 2.45) is 0 Å². The van der Waals surface area contributed by atoms with Crippen LogP contribution in [0.2, 0.25) is 0 Å². The van der Waals surface area contributed by atoms with Gasteiger partial charge in [0, 0.05) is 5.92 Å². The molecule has 1 saturated carbocycles. The maximum absolute atomic E-state index is 10.6. The SMILES string of the molecule is O=C(O)c1n[nH]c(C2CC2)c1I. The fourth-order valence-electron chi connectivity index (χ4n) is 1.13. The Labute approximate surface area is 82.5 Å². The highest BCUT2D eigenvalue weighted by Gasteiger charge is 2.30. The van der Waals surface area contributed by atoms with E-state index in [1.807, 2.05) is 22.6 Å². The van der Waals surface area contributed by atoms with Gasteiger partial charge in [-0.3, -0.25) is 5.10 Å². The molecule has 4 nitrogen and oxygen atoms in total. The minimum absolute atomic E-state index is 0.150. The van der Waals surface area contributed by atoms with Crippen LogP contribution in [0.3, 0.4) is 0 Å². The number of hydrogen-bond donors (Lipinski definition) is 2. The van der Waals surface area contributed by atoms with Crippen LogP contribution >= 0.6 is 22.6 Å². The lowest BCUT2D eigenvalue weighted by molar-refractivity contribution is 0.0689. The molecule has 1 aromatic heterocycles. The predicted molar refractivity (Wildman–Crippen MR) is 50.2 cm³/mol. The van der Waals surface area contributed by atoms with Gasteiger partial charge < -0.3 is 5.11 Å². The first kappa shape index (κ1) is 8.03. The Morgan fingerprint density at radius 3 is 2.75 bits per heavy atom. The topological polar surface area (TPSA) is 66.0 Å². The van der Waals surface area contributed by atoms with Crippen LogP contribution in [0.25, 0.3) is 0 Å². The number of aromatic amines is 1. The Morgan fingerprint density at radius 1 is 1.67 bits per heavy atom. The van der Waals surface area contributed by atoms with E-state index in [9.17, 15) is 4.79 Å². The Bertz CT molecular complexity index is 330. The van der Waals surface area contributed by atoms with Crippen LogP contribution in [0.4, 0.5) is 0 Å². The van der Waals surface area contributed by atoms with Crippen LogP contribution in [0, 0.1) is 3.57 Å². The van der Waals surface area contributed by atoms with Gasteiger partial charge >= 0.3 is 5.97 Å². The molecule has 0 unspecified atom stereocenters. The molecule has 0 amide bonds. The lowest BCUT2D eigenvalue weighted by Crippen LogP contribution is -1.98. The maximum Gasteiger partial charge on any atom is 0.357 e. The number of nitrogens with one attached hydrogen (secondary N) is 1. The summed E-state index contributed by atoms with van der Waals surface area (Å²) in [5, 5.41) is 15.2. The molecule has 5 heteroatoms. The molecule has 0 aromatic carbocycles. The molecule has 1 fully saturated rings. The smallest absolute Gasteiger partial charge is 0.357 e. The highest BCUT2D eigenvalue weighted by atomic mass is 127. The lowest BCUT2D eigenvalue weighted by atomic mass is 10.3. The van der Waals surface area contributed by atoms with E-state index in [-0.39, 0.29) is 5.69 Å². The highest BCUT2D eigenvalue weighted by Crippen LogP contribution is 2.41. The first-order valence-electron chi connectivity index (χ1n) is 3.67. The van der Waals surface area contributed by atoms with Crippen molar-refractivity contribution in [2.75, 3.05) is 0 Å². The molecule has 64 valence electrons. The molecular formula is C7H7IN2O2. The van der Waals surface area contributed by atoms with Crippen molar-refractivity contribution in [1.29, 1.82) is 0 Å². The van der Waals surface area contributed by atoms with Crippen molar-refractivity contribution in [3.8, 4) is 0 Å². The van der Waals surface area contributed by atoms with Crippen LogP contribution < -0.4 is 0 Å². The first-order valence-corrected chi connectivity index (χ1v) is 4.75. The normalized spacial score (nSPS) is 16.4. The summed E-state index contributed by atoms with van der Waals surface area (Å²) < 4.78 is 0.766. The molecule has 0 spiro atoms. The molecule has 1 heterocycles. The van der Waals surface area contributed by atoms with Crippen molar-refractivity contribution in [3.63, 3.8) is 0 Å². The Hall–Kier alpha value is -0.590. The van der Waals surface area contributed by atoms with Crippen LogP contribution in [0.15, 0.2) is 0 Å². The third-order valence-electron chi connectivity index (χ3n) is 1.92. The van der Waals surface area contributed by atoms with Crippen molar-refractivity contribution < 1.29 is 9.90 Å². The Morgan fingerprint density at radius 2 is 2.33 bits per heavy atom. The Kier molecular flexibility index (Phi) is 1.82. The minimum atomic E-state index is -0.956. The van der Waals surface area contributed by atoms with Crippen LogP contribution in [0.1, 0.15) is 34.9 Å². The second-order valence-corrected chi connectivity index (χ2v) is 3.96. The number of carboxylic acids is 1. The fraction of sp³-hybridized carbons (Fsp3) is 0.429. The molecule has 2 N–H and O–H groups in total. The van der Waals surface area contributed by atoms with Gasteiger partial charge in [-0.25, -0.2) is 4.79 Å². The number of rotatable bonds is 2. The van der Waals surface area contributed by atoms with E-state index < -0.39 is 5.97 Å². The minimum Gasteiger partial charge on any atom is -0.476 e. The highest BCUT2D eigenvalue weighted by molar-refractivity contribution is 14.1. The zero-order chi connectivity index (χ0) is 8.72. The van der Waals surface area contributed by atoms with E-state index in [0.717, 1.165) is 22.1 Å². The van der Waals surface area contributed by atoms with Gasteiger partial charge in [-0.15, -0.1) is 0 Å². The van der Waals surface area contributed by atoms with Gasteiger partial charge in [-0.1, -0.05) is 0 Å². The molecule has 0 radical (unpaired) electrons. The molecule has 1 aliphatic carbocycles. The van der Waals surface area contributed by atoms with E-state index in [1.165, 1.54) is 0 Å². The van der Waals surface area contributed by atoms with Gasteiger partial charge in [0.05, 0.1) is 9.26 Å². The summed E-state index contributed by atoms with van der Waals surface area (Å²) >= 11 is 2.03. The monoisotopic (exact) mass is 278 g/mol. The number of hydrogen-bond acceptors (Lipinski definition) is 2. The predicted octanol–water partition coefficient (Wildman–Crippen LogP) is 1.59. The van der Waals surface area contributed by atoms with Gasteiger partial charge in [-0.2, -0.15) is 5.10 Å². The lowest BCUT2D eigenvalue weighted by Gasteiger charge is -1.91. The molecular weight excluding hydrogens is 271 g/mol. The molecule has 0 atom stereocenters. The van der Waals surface area contributed by atoms with E-state index >= 15 is 0 Å². The molecule has 0 bridgehead atoms. The van der Waals surface area contributed by atoms with Gasteiger partial charge in [0.2, 0.25) is 0 Å². The standard InChI is InChI=1S/C7H7IN2O2/c8-4-5(3-1-2-3)9-10-6(4)7(11)12/h3H,1-2H2,(H,9,10)(H,11,12). The van der Waals surface area contributed by atoms with Crippen molar-refractivity contribution in [2.45, 2.75) is 18.8 Å². The molecule has 2 rings (SSSR count). The van der Waals surface area contributed by atoms with E-state index in [2.05, 4.69) is 10.2 Å². The third-order valence-corrected chi connectivity index (χ3v) is 3.01. The van der Waals surface area contributed by atoms with Crippen LogP contribution in [-0.2, 0) is 0 Å². The second-order valence-electron chi connectivity index (χ2n) is 2.88. The number of nitrogens with zero attached hydrogens (tertiary/aromatic N) is 1. The first-order chi connectivity index (χ1) is 5.70. The quantitative estimate of drug-likeness (QED) is 0.807. The van der Waals surface area contributed by atoms with Gasteiger partial charge in [-0.05, 0) is 35.4 Å². The van der Waals surface area contributed by atoms with Gasteiger partial charge in [0.25, 0.3) is 0 Å². The van der Waals surface area contributed by atoms with Crippen molar-refractivity contribution >= 4 is 28.6 Å². The average Bonchev–Trinajstić information content (AvgIpc) is 2.75. The van der Waals surface area contributed by atoms with Crippen LogP contribution in [-0.4, -0.2) is 21.3 Å². The number of carboxylic acid groups (broad SMARTS) is 1. The van der Waals surface area contributed by atoms with Gasteiger partial charge in [0.15, 0.2) is 5.69 Å². The molecule has 0 saturated heterocycles. The summed E-state index contributed by atoms with van der Waals surface area (Å²) in [6.45, 7) is 0. The maximum atomic E-state index is 10.6. The molecule has 1 aromatic rings. The number of aromatic carboxylic acids is 1. The molecule has 12 heavy (non-hydrogen) atoms. The van der Waals surface area contributed by atoms with E-state index in [4.69, 9.17) is 5.11 Å². The Balaban J connectivity index is 2.39. The van der Waals surface area contributed by atoms with Gasteiger partial charge in [0.1, 0.15) is 0 Å². The third kappa shape index (κ3) is 1.21. The molecule has 0 aliphatic heterocycles. The van der Waals surface area contributed by atoms with Crippen molar-refractivity contribution in [3.05, 3.63) is 15.0 Å². The molecule has 1 aliphatic rings. The number of aromatic nitrogens is 2. The summed E-state index contributed by atoms with van der Waals surface area (Å²) in [6, 6.07) is 0. The summed E-state index contributed by atoms with van der Waals surface area (Å²) in [5.41, 5.74) is 1.14. The number of halogens is 1. The summed E-state index contributed by atoms with van der Waals surface area (Å²) in [7, 11) is 0. The number of H-pyrrole nitrogens is 1. The van der Waals surface area contributed by atoms with E-state index in [1.54, 1.807) is 0 Å². The number of carbonyl (C=O) groups is 1. The fourth-order valence-corrected chi connectivity index (χ4v) is 2.04. The zero-order valence-corrected chi connectivity index (χ0v) is 8.33.